The zero-order chi connectivity index (χ0) is 20.6. The van der Waals surface area contributed by atoms with Crippen LogP contribution in [-0.2, 0) is 4.74 Å². The second-order valence-corrected chi connectivity index (χ2v) is 7.91. The molecule has 164 valence electrons. The molecular weight excluding hydrogens is 509 g/mol. The van der Waals surface area contributed by atoms with Crippen LogP contribution in [0.25, 0.3) is 0 Å². The summed E-state index contributed by atoms with van der Waals surface area (Å²) in [7, 11) is 0. The van der Waals surface area contributed by atoms with Crippen molar-refractivity contribution in [3.05, 3.63) is 23.4 Å². The molecule has 0 unspecified atom stereocenters. The standard InChI is InChI=1S/C19H30ClN5O3.HI/c1-5-21-17(22-9-11-27-16-7-6-14(20)12-23-16)25-10-8-15(13-25)24-18(26)28-19(2,3)4;/h6-7,12,15H,5,8-11,13H2,1-4H3,(H,21,22)(H,24,26);1H/t15-;/m1./s1. The van der Waals surface area contributed by atoms with Gasteiger partial charge < -0.3 is 25.0 Å². The molecular formula is C19H31ClIN5O3. The van der Waals surface area contributed by atoms with Gasteiger partial charge >= 0.3 is 6.09 Å². The second kappa shape index (κ2) is 12.3. The number of hydrogen-bond acceptors (Lipinski definition) is 5. The molecule has 1 aliphatic rings. The Hall–Kier alpha value is -1.49. The number of amides is 1. The van der Waals surface area contributed by atoms with E-state index in [1.165, 1.54) is 0 Å². The molecule has 29 heavy (non-hydrogen) atoms. The number of rotatable bonds is 6. The number of carbonyl (C=O) groups excluding carboxylic acids is 1. The third-order valence-corrected chi connectivity index (χ3v) is 4.07. The number of ether oxygens (including phenoxy) is 2. The number of guanidine groups is 1. The van der Waals surface area contributed by atoms with Crippen molar-refractivity contribution in [1.82, 2.24) is 20.5 Å². The highest BCUT2D eigenvalue weighted by Crippen LogP contribution is 2.13. The number of halogens is 2. The first-order valence-electron chi connectivity index (χ1n) is 9.54. The summed E-state index contributed by atoms with van der Waals surface area (Å²) in [5.74, 6) is 1.33. The molecule has 0 saturated carbocycles. The van der Waals surface area contributed by atoms with E-state index in [2.05, 4.69) is 25.5 Å². The van der Waals surface area contributed by atoms with Crippen LogP contribution in [0.15, 0.2) is 23.3 Å². The normalized spacial score (nSPS) is 16.8. The smallest absolute Gasteiger partial charge is 0.407 e. The largest absolute Gasteiger partial charge is 0.476 e. The van der Waals surface area contributed by atoms with Gasteiger partial charge in [0.15, 0.2) is 5.96 Å². The maximum absolute atomic E-state index is 12.0. The van der Waals surface area contributed by atoms with E-state index in [9.17, 15) is 4.79 Å². The van der Waals surface area contributed by atoms with Gasteiger partial charge in [0.25, 0.3) is 0 Å². The molecule has 1 atom stereocenters. The molecule has 0 radical (unpaired) electrons. The molecule has 1 aromatic heterocycles. The molecule has 0 bridgehead atoms. The van der Waals surface area contributed by atoms with Crippen LogP contribution in [0.1, 0.15) is 34.1 Å². The van der Waals surface area contributed by atoms with Crippen molar-refractivity contribution in [2.75, 3.05) is 32.8 Å². The van der Waals surface area contributed by atoms with Gasteiger partial charge in [-0.1, -0.05) is 11.6 Å². The monoisotopic (exact) mass is 539 g/mol. The summed E-state index contributed by atoms with van der Waals surface area (Å²) in [6.45, 7) is 10.7. The summed E-state index contributed by atoms with van der Waals surface area (Å²) in [5.41, 5.74) is -0.502. The van der Waals surface area contributed by atoms with Gasteiger partial charge in [-0.2, -0.15) is 0 Å². The minimum absolute atomic E-state index is 0. The number of likely N-dealkylation sites (tertiary alicyclic amines) is 1. The van der Waals surface area contributed by atoms with E-state index in [1.807, 2.05) is 27.7 Å². The Morgan fingerprint density at radius 1 is 1.41 bits per heavy atom. The molecule has 10 heteroatoms. The Kier molecular flexibility index (Phi) is 10.8. The van der Waals surface area contributed by atoms with Crippen molar-refractivity contribution in [3.8, 4) is 5.88 Å². The number of nitrogens with zero attached hydrogens (tertiary/aromatic N) is 3. The lowest BCUT2D eigenvalue weighted by Crippen LogP contribution is -2.44. The van der Waals surface area contributed by atoms with Gasteiger partial charge in [0.05, 0.1) is 17.6 Å². The average Bonchev–Trinajstić information content (AvgIpc) is 3.05. The highest BCUT2D eigenvalue weighted by atomic mass is 127. The first kappa shape index (κ1) is 25.5. The zero-order valence-corrected chi connectivity index (χ0v) is 20.5. The topological polar surface area (TPSA) is 88.1 Å². The van der Waals surface area contributed by atoms with Crippen LogP contribution in [0.5, 0.6) is 5.88 Å². The van der Waals surface area contributed by atoms with Gasteiger partial charge in [-0.05, 0) is 40.2 Å². The Labute approximate surface area is 194 Å². The van der Waals surface area contributed by atoms with Crippen LogP contribution in [0.3, 0.4) is 0 Å². The van der Waals surface area contributed by atoms with Crippen LogP contribution >= 0.6 is 35.6 Å². The fourth-order valence-corrected chi connectivity index (χ4v) is 2.83. The number of aromatic nitrogens is 1. The molecule has 1 aromatic rings. The van der Waals surface area contributed by atoms with Crippen molar-refractivity contribution in [3.63, 3.8) is 0 Å². The van der Waals surface area contributed by atoms with E-state index in [4.69, 9.17) is 21.1 Å². The van der Waals surface area contributed by atoms with E-state index >= 15 is 0 Å². The fourth-order valence-electron chi connectivity index (χ4n) is 2.72. The lowest BCUT2D eigenvalue weighted by atomic mass is 10.2. The van der Waals surface area contributed by atoms with Crippen LogP contribution in [0.2, 0.25) is 5.02 Å². The van der Waals surface area contributed by atoms with Crippen LogP contribution < -0.4 is 15.4 Å². The molecule has 0 aliphatic carbocycles. The maximum Gasteiger partial charge on any atom is 0.407 e. The lowest BCUT2D eigenvalue weighted by molar-refractivity contribution is 0.0507. The van der Waals surface area contributed by atoms with Crippen molar-refractivity contribution in [1.29, 1.82) is 0 Å². The summed E-state index contributed by atoms with van der Waals surface area (Å²) in [6, 6.07) is 3.50. The molecule has 2 N–H and O–H groups in total. The summed E-state index contributed by atoms with van der Waals surface area (Å²) in [6.07, 6.45) is 2.01. The lowest BCUT2D eigenvalue weighted by Gasteiger charge is -2.23. The number of pyridine rings is 1. The summed E-state index contributed by atoms with van der Waals surface area (Å²) >= 11 is 5.81. The highest BCUT2D eigenvalue weighted by Gasteiger charge is 2.27. The Morgan fingerprint density at radius 3 is 2.79 bits per heavy atom. The number of alkyl carbamates (subject to hydrolysis) is 1. The van der Waals surface area contributed by atoms with Gasteiger partial charge in [0, 0.05) is 31.9 Å². The molecule has 2 heterocycles. The molecule has 0 aromatic carbocycles. The van der Waals surface area contributed by atoms with E-state index < -0.39 is 5.60 Å². The average molecular weight is 540 g/mol. The molecule has 8 nitrogen and oxygen atoms in total. The van der Waals surface area contributed by atoms with Crippen molar-refractivity contribution < 1.29 is 14.3 Å². The quantitative estimate of drug-likeness (QED) is 0.250. The first-order valence-corrected chi connectivity index (χ1v) is 9.92. The van der Waals surface area contributed by atoms with E-state index in [0.29, 0.717) is 30.6 Å². The SMILES string of the molecule is CCNC(=NCCOc1ccc(Cl)cn1)N1CC[C@@H](NC(=O)OC(C)(C)C)C1.I. The van der Waals surface area contributed by atoms with Crippen LogP contribution in [0.4, 0.5) is 4.79 Å². The fraction of sp³-hybridized carbons (Fsp3) is 0.632. The molecule has 2 rings (SSSR count). The van der Waals surface area contributed by atoms with Crippen molar-refractivity contribution >= 4 is 47.6 Å². The Bertz CT molecular complexity index is 667. The van der Waals surface area contributed by atoms with E-state index in [-0.39, 0.29) is 36.1 Å². The zero-order valence-electron chi connectivity index (χ0n) is 17.4. The maximum atomic E-state index is 12.0. The minimum atomic E-state index is -0.502. The summed E-state index contributed by atoms with van der Waals surface area (Å²) in [5, 5.41) is 6.79. The van der Waals surface area contributed by atoms with E-state index in [0.717, 1.165) is 25.5 Å². The van der Waals surface area contributed by atoms with Gasteiger partial charge in [-0.15, -0.1) is 24.0 Å². The molecule has 1 saturated heterocycles. The minimum Gasteiger partial charge on any atom is -0.476 e. The number of hydrogen-bond donors (Lipinski definition) is 2. The molecule has 1 fully saturated rings. The van der Waals surface area contributed by atoms with Gasteiger partial charge in [0.1, 0.15) is 12.2 Å². The molecule has 1 amide bonds. The number of carbonyl (C=O) groups is 1. The third-order valence-electron chi connectivity index (χ3n) is 3.85. The number of nitrogens with one attached hydrogen (secondary N) is 2. The Balaban J connectivity index is 0.00000420. The van der Waals surface area contributed by atoms with Crippen molar-refractivity contribution in [2.45, 2.75) is 45.8 Å². The molecule has 0 spiro atoms. The van der Waals surface area contributed by atoms with Crippen LogP contribution in [-0.4, -0.2) is 66.4 Å². The van der Waals surface area contributed by atoms with E-state index in [1.54, 1.807) is 18.3 Å². The predicted octanol–water partition coefficient (Wildman–Crippen LogP) is 3.30. The van der Waals surface area contributed by atoms with Crippen molar-refractivity contribution in [2.24, 2.45) is 4.99 Å². The van der Waals surface area contributed by atoms with Gasteiger partial charge in [-0.3, -0.25) is 0 Å². The highest BCUT2D eigenvalue weighted by molar-refractivity contribution is 14.0. The molecule has 1 aliphatic heterocycles. The predicted molar refractivity (Wildman–Crippen MR) is 125 cm³/mol. The van der Waals surface area contributed by atoms with Crippen LogP contribution in [0, 0.1) is 0 Å². The first-order chi connectivity index (χ1) is 13.3. The number of aliphatic imine (C=N–C) groups is 1. The third kappa shape index (κ3) is 9.70. The van der Waals surface area contributed by atoms with Gasteiger partial charge in [0.2, 0.25) is 5.88 Å². The summed E-state index contributed by atoms with van der Waals surface area (Å²) in [4.78, 5) is 22.8. The van der Waals surface area contributed by atoms with Gasteiger partial charge in [-0.25, -0.2) is 14.8 Å². The summed E-state index contributed by atoms with van der Waals surface area (Å²) < 4.78 is 10.9. The second-order valence-electron chi connectivity index (χ2n) is 7.48. The Morgan fingerprint density at radius 2 is 2.17 bits per heavy atom.